The van der Waals surface area contributed by atoms with Crippen LogP contribution in [-0.4, -0.2) is 17.1 Å². The summed E-state index contributed by atoms with van der Waals surface area (Å²) in [6, 6.07) is 3.09. The van der Waals surface area contributed by atoms with Crippen LogP contribution in [0.3, 0.4) is 0 Å². The molecule has 1 rings (SSSR count). The summed E-state index contributed by atoms with van der Waals surface area (Å²) in [6.45, 7) is 0. The monoisotopic (exact) mass is 248 g/mol. The molecule has 5 nitrogen and oxygen atoms in total. The summed E-state index contributed by atoms with van der Waals surface area (Å²) in [5, 5.41) is 20.7. The summed E-state index contributed by atoms with van der Waals surface area (Å²) < 4.78 is 37.1. The van der Waals surface area contributed by atoms with Gasteiger partial charge in [0.25, 0.3) is 5.69 Å². The Bertz CT molecular complexity index is 441. The lowest BCUT2D eigenvalue weighted by Gasteiger charge is -2.21. The van der Waals surface area contributed by atoms with Crippen molar-refractivity contribution in [3.63, 3.8) is 0 Å². The zero-order valence-electron chi connectivity index (χ0n) is 8.10. The molecular weight excluding hydrogens is 243 g/mol. The van der Waals surface area contributed by atoms with Crippen molar-refractivity contribution >= 4 is 11.7 Å². The van der Waals surface area contributed by atoms with E-state index < -0.39 is 34.2 Å². The molecule has 0 spiro atoms. The molecule has 92 valence electrons. The smallest absolute Gasteiger partial charge is 0.400 e. The van der Waals surface area contributed by atoms with Gasteiger partial charge in [-0.2, -0.15) is 13.2 Å². The van der Waals surface area contributed by atoms with Crippen LogP contribution in [0.5, 0.6) is 0 Å². The second-order valence-electron chi connectivity index (χ2n) is 3.14. The summed E-state index contributed by atoms with van der Waals surface area (Å²) in [4.78, 5) is 19.9. The normalized spacial score (nSPS) is 13.1. The number of aliphatic carboxylic acids is 1. The standard InChI is InChI=1S/C9H6F3NO4/c10-9(11,12)7(8(14)15)5-1-3-6(4-2-5)13(16)17/h1-4,7H,(H,14,15)/p-1. The van der Waals surface area contributed by atoms with Crippen LogP contribution >= 0.6 is 0 Å². The Labute approximate surface area is 92.6 Å². The number of carboxylic acid groups (broad SMARTS) is 1. The van der Waals surface area contributed by atoms with Crippen molar-refractivity contribution in [2.45, 2.75) is 12.1 Å². The molecule has 0 aliphatic carbocycles. The number of nitro groups is 1. The predicted molar refractivity (Wildman–Crippen MR) is 46.9 cm³/mol. The van der Waals surface area contributed by atoms with E-state index in [1.54, 1.807) is 0 Å². The number of non-ortho nitro benzene ring substituents is 1. The van der Waals surface area contributed by atoms with Gasteiger partial charge in [0.05, 0.1) is 10.9 Å². The molecule has 0 aromatic heterocycles. The second-order valence-corrected chi connectivity index (χ2v) is 3.14. The highest BCUT2D eigenvalue weighted by Gasteiger charge is 2.41. The summed E-state index contributed by atoms with van der Waals surface area (Å²) >= 11 is 0. The van der Waals surface area contributed by atoms with Crippen LogP contribution in [0.1, 0.15) is 11.5 Å². The first-order valence-corrected chi connectivity index (χ1v) is 4.25. The van der Waals surface area contributed by atoms with Gasteiger partial charge in [0.15, 0.2) is 0 Å². The highest BCUT2D eigenvalue weighted by atomic mass is 19.4. The zero-order chi connectivity index (χ0) is 13.2. The third kappa shape index (κ3) is 2.92. The topological polar surface area (TPSA) is 83.3 Å². The van der Waals surface area contributed by atoms with Crippen molar-refractivity contribution in [1.82, 2.24) is 0 Å². The number of carbonyl (C=O) groups is 1. The molecule has 0 aliphatic rings. The molecule has 0 heterocycles. The Morgan fingerprint density at radius 3 is 2.00 bits per heavy atom. The number of nitrogens with zero attached hydrogens (tertiary/aromatic N) is 1. The fourth-order valence-corrected chi connectivity index (χ4v) is 1.25. The van der Waals surface area contributed by atoms with Crippen LogP contribution in [0.15, 0.2) is 24.3 Å². The van der Waals surface area contributed by atoms with Gasteiger partial charge in [0.2, 0.25) is 0 Å². The van der Waals surface area contributed by atoms with Gasteiger partial charge in [-0.15, -0.1) is 0 Å². The largest absolute Gasteiger partial charge is 0.549 e. The van der Waals surface area contributed by atoms with Crippen molar-refractivity contribution in [3.8, 4) is 0 Å². The Hall–Kier alpha value is -2.12. The lowest BCUT2D eigenvalue weighted by Crippen LogP contribution is -2.38. The third-order valence-electron chi connectivity index (χ3n) is 2.00. The molecule has 0 saturated carbocycles. The molecule has 0 amide bonds. The van der Waals surface area contributed by atoms with Gasteiger partial charge in [0, 0.05) is 12.1 Å². The van der Waals surface area contributed by atoms with Crippen molar-refractivity contribution < 1.29 is 28.0 Å². The molecule has 0 saturated heterocycles. The summed E-state index contributed by atoms with van der Waals surface area (Å²) in [6.07, 6.45) is -5.00. The molecule has 1 aromatic carbocycles. The van der Waals surface area contributed by atoms with Gasteiger partial charge in [-0.05, 0) is 5.56 Å². The molecule has 0 N–H and O–H groups in total. The maximum Gasteiger partial charge on any atom is 0.400 e. The van der Waals surface area contributed by atoms with E-state index in [-0.39, 0.29) is 0 Å². The first-order chi connectivity index (χ1) is 7.73. The first kappa shape index (κ1) is 12.9. The number of hydrogen-bond acceptors (Lipinski definition) is 4. The molecule has 0 bridgehead atoms. The summed E-state index contributed by atoms with van der Waals surface area (Å²) in [7, 11) is 0. The van der Waals surface area contributed by atoms with Crippen molar-refractivity contribution in [3.05, 3.63) is 39.9 Å². The van der Waals surface area contributed by atoms with Crippen LogP contribution in [0, 0.1) is 10.1 Å². The maximum atomic E-state index is 12.4. The quantitative estimate of drug-likeness (QED) is 0.589. The van der Waals surface area contributed by atoms with Gasteiger partial charge >= 0.3 is 6.18 Å². The third-order valence-corrected chi connectivity index (χ3v) is 2.00. The minimum atomic E-state index is -5.00. The highest BCUT2D eigenvalue weighted by molar-refractivity contribution is 5.75. The number of carboxylic acids is 1. The average Bonchev–Trinajstić information content (AvgIpc) is 2.15. The number of hydrogen-bond donors (Lipinski definition) is 0. The van der Waals surface area contributed by atoms with E-state index in [9.17, 15) is 33.2 Å². The summed E-state index contributed by atoms with van der Waals surface area (Å²) in [5.41, 5.74) is -1.03. The van der Waals surface area contributed by atoms with Crippen LogP contribution in [0.2, 0.25) is 0 Å². The minimum Gasteiger partial charge on any atom is -0.549 e. The second kappa shape index (κ2) is 4.40. The van der Waals surface area contributed by atoms with E-state index in [0.717, 1.165) is 24.3 Å². The number of benzene rings is 1. The van der Waals surface area contributed by atoms with Gasteiger partial charge in [-0.1, -0.05) is 12.1 Å². The van der Waals surface area contributed by atoms with Gasteiger partial charge in [-0.3, -0.25) is 10.1 Å². The molecule has 0 aliphatic heterocycles. The lowest BCUT2D eigenvalue weighted by molar-refractivity contribution is -0.384. The number of nitro benzene ring substituents is 1. The zero-order valence-corrected chi connectivity index (χ0v) is 8.10. The van der Waals surface area contributed by atoms with Crippen LogP contribution in [0.4, 0.5) is 18.9 Å². The number of rotatable bonds is 3. The van der Waals surface area contributed by atoms with E-state index in [1.807, 2.05) is 0 Å². The fraction of sp³-hybridized carbons (Fsp3) is 0.222. The lowest BCUT2D eigenvalue weighted by atomic mass is 9.98. The molecule has 1 aromatic rings. The van der Waals surface area contributed by atoms with E-state index in [4.69, 9.17) is 0 Å². The highest BCUT2D eigenvalue weighted by Crippen LogP contribution is 2.34. The summed E-state index contributed by atoms with van der Waals surface area (Å²) in [5.74, 6) is -5.09. The first-order valence-electron chi connectivity index (χ1n) is 4.25. The molecule has 17 heavy (non-hydrogen) atoms. The molecule has 8 heteroatoms. The maximum absolute atomic E-state index is 12.4. The van der Waals surface area contributed by atoms with Gasteiger partial charge < -0.3 is 9.90 Å². The van der Waals surface area contributed by atoms with E-state index in [2.05, 4.69) is 0 Å². The molecule has 1 atom stereocenters. The number of alkyl halides is 3. The molecule has 0 radical (unpaired) electrons. The Balaban J connectivity index is 3.13. The van der Waals surface area contributed by atoms with E-state index in [0.29, 0.717) is 0 Å². The van der Waals surface area contributed by atoms with Crippen LogP contribution in [-0.2, 0) is 4.79 Å². The van der Waals surface area contributed by atoms with Crippen molar-refractivity contribution in [2.75, 3.05) is 0 Å². The van der Waals surface area contributed by atoms with Crippen molar-refractivity contribution in [1.29, 1.82) is 0 Å². The average molecular weight is 248 g/mol. The fourth-order valence-electron chi connectivity index (χ4n) is 1.25. The number of halogens is 3. The Morgan fingerprint density at radius 1 is 1.24 bits per heavy atom. The van der Waals surface area contributed by atoms with Gasteiger partial charge in [-0.25, -0.2) is 0 Å². The van der Waals surface area contributed by atoms with Crippen LogP contribution < -0.4 is 5.11 Å². The minimum absolute atomic E-state index is 0.423. The number of carbonyl (C=O) groups excluding carboxylic acids is 1. The van der Waals surface area contributed by atoms with E-state index >= 15 is 0 Å². The Kier molecular flexibility index (Phi) is 3.35. The molecule has 1 unspecified atom stereocenters. The van der Waals surface area contributed by atoms with Crippen LogP contribution in [0.25, 0.3) is 0 Å². The predicted octanol–water partition coefficient (Wildman–Crippen LogP) is 0.991. The molecular formula is C9H5F3NO4-. The van der Waals surface area contributed by atoms with Gasteiger partial charge in [0.1, 0.15) is 5.92 Å². The van der Waals surface area contributed by atoms with Crippen molar-refractivity contribution in [2.24, 2.45) is 0 Å². The SMILES string of the molecule is O=C([O-])C(c1ccc([N+](=O)[O-])cc1)C(F)(F)F. The molecule has 0 fully saturated rings. The van der Waals surface area contributed by atoms with E-state index in [1.165, 1.54) is 0 Å². The Morgan fingerprint density at radius 2 is 1.71 bits per heavy atom.